The van der Waals surface area contributed by atoms with Crippen LogP contribution in [-0.4, -0.2) is 161 Å². The van der Waals surface area contributed by atoms with Gasteiger partial charge in [0, 0.05) is 48.5 Å². The lowest BCUT2D eigenvalue weighted by atomic mass is 9.49. The van der Waals surface area contributed by atoms with Crippen LogP contribution in [0.1, 0.15) is 101 Å². The average molecular weight is 1090 g/mol. The van der Waals surface area contributed by atoms with Crippen LogP contribution in [0.25, 0.3) is 0 Å². The van der Waals surface area contributed by atoms with Gasteiger partial charge in [0.15, 0.2) is 0 Å². The number of carboxylic acid groups (broad SMARTS) is 1. The molecule has 20 heteroatoms. The molecule has 0 radical (unpaired) electrons. The minimum Gasteiger partial charge on any atom is -0.491 e. The number of ether oxygens (including phenoxy) is 7. The van der Waals surface area contributed by atoms with Gasteiger partial charge in [-0.05, 0) is 72.7 Å². The third-order valence-corrected chi connectivity index (χ3v) is 15.0. The van der Waals surface area contributed by atoms with E-state index >= 15 is 0 Å². The Morgan fingerprint density at radius 3 is 2.00 bits per heavy atom. The Morgan fingerprint density at radius 1 is 0.831 bits per heavy atom. The van der Waals surface area contributed by atoms with Gasteiger partial charge in [0.25, 0.3) is 5.91 Å². The SMILES string of the molecule is C[C@@H](C(=O)N[C@H](C(=O)N1CCCC1C(=O)N[C@H]1c2ccccc2C[C@H]1OCCOCCOCCOCCOCCOc1ccc(C(=O)N[C@H]2C(C)(C)[C@H](Oc3ccc(C#N)c(Cl)c3)C2(C)C)cc1)C(C)(C)C)N(C)C(=O)O. The van der Waals surface area contributed by atoms with Crippen LogP contribution >= 0.6 is 11.6 Å². The summed E-state index contributed by atoms with van der Waals surface area (Å²) in [5.41, 5.74) is 1.41. The maximum Gasteiger partial charge on any atom is 0.407 e. The van der Waals surface area contributed by atoms with Crippen LogP contribution in [0.15, 0.2) is 66.7 Å². The minimum absolute atomic E-state index is 0.166. The summed E-state index contributed by atoms with van der Waals surface area (Å²) >= 11 is 6.23. The van der Waals surface area contributed by atoms with Crippen molar-refractivity contribution in [1.82, 2.24) is 25.8 Å². The summed E-state index contributed by atoms with van der Waals surface area (Å²) in [5, 5.41) is 28.1. The second-order valence-electron chi connectivity index (χ2n) is 22.0. The lowest BCUT2D eigenvalue weighted by molar-refractivity contribution is -0.164. The highest BCUT2D eigenvalue weighted by Crippen LogP contribution is 2.55. The Balaban J connectivity index is 0.807. The number of hydrogen-bond donors (Lipinski definition) is 4. The topological polar surface area (TPSA) is 237 Å². The Hall–Kier alpha value is -6.01. The number of likely N-dealkylation sites (tertiary alicyclic amines) is 1. The smallest absolute Gasteiger partial charge is 0.407 e. The van der Waals surface area contributed by atoms with Gasteiger partial charge in [0.2, 0.25) is 17.7 Å². The van der Waals surface area contributed by atoms with Crippen LogP contribution in [0.3, 0.4) is 0 Å². The molecular formula is C57H77ClN6O13. The number of fused-ring (bicyclic) bond motifs is 1. The van der Waals surface area contributed by atoms with E-state index in [0.717, 1.165) is 16.0 Å². The predicted octanol–water partition coefficient (Wildman–Crippen LogP) is 6.59. The number of carbonyl (C=O) groups is 5. The Morgan fingerprint density at radius 2 is 1.42 bits per heavy atom. The van der Waals surface area contributed by atoms with Gasteiger partial charge in [-0.25, -0.2) is 4.79 Å². The van der Waals surface area contributed by atoms with Crippen LogP contribution in [0.2, 0.25) is 5.02 Å². The molecule has 1 aliphatic heterocycles. The number of carbonyl (C=O) groups excluding carboxylic acids is 4. The molecule has 0 aromatic heterocycles. The van der Waals surface area contributed by atoms with Crippen molar-refractivity contribution in [3.8, 4) is 17.6 Å². The van der Waals surface area contributed by atoms with Gasteiger partial charge in [-0.3, -0.25) is 24.1 Å². The first-order valence-electron chi connectivity index (χ1n) is 26.3. The fraction of sp³-hybridized carbons (Fsp3) is 0.579. The van der Waals surface area contributed by atoms with Crippen molar-refractivity contribution >= 4 is 41.3 Å². The highest BCUT2D eigenvalue weighted by molar-refractivity contribution is 6.31. The van der Waals surface area contributed by atoms with Crippen molar-refractivity contribution in [2.75, 3.05) is 79.7 Å². The number of nitrogens with one attached hydrogen (secondary N) is 3. The zero-order chi connectivity index (χ0) is 56.1. The van der Waals surface area contributed by atoms with E-state index in [0.29, 0.717) is 113 Å². The fourth-order valence-electron chi connectivity index (χ4n) is 10.6. The summed E-state index contributed by atoms with van der Waals surface area (Å²) in [6.45, 7) is 19.1. The quantitative estimate of drug-likeness (QED) is 0.0590. The first-order chi connectivity index (χ1) is 36.6. The number of benzene rings is 3. The molecule has 77 heavy (non-hydrogen) atoms. The summed E-state index contributed by atoms with van der Waals surface area (Å²) in [6.07, 6.45) is -0.174. The number of hydrogen-bond acceptors (Lipinski definition) is 13. The summed E-state index contributed by atoms with van der Waals surface area (Å²) in [5.74, 6) is -0.305. The second kappa shape index (κ2) is 27.0. The van der Waals surface area contributed by atoms with Crippen molar-refractivity contribution in [1.29, 1.82) is 5.26 Å². The molecule has 420 valence electrons. The molecular weight excluding hydrogens is 1010 g/mol. The molecule has 2 aliphatic carbocycles. The van der Waals surface area contributed by atoms with E-state index in [1.165, 1.54) is 18.9 Å². The molecule has 1 saturated carbocycles. The fourth-order valence-corrected chi connectivity index (χ4v) is 10.8. The molecule has 2 fully saturated rings. The minimum atomic E-state index is -1.27. The van der Waals surface area contributed by atoms with E-state index in [1.54, 1.807) is 42.5 Å². The lowest BCUT2D eigenvalue weighted by Crippen LogP contribution is -2.74. The van der Waals surface area contributed by atoms with Crippen LogP contribution in [0, 0.1) is 27.6 Å². The highest BCUT2D eigenvalue weighted by atomic mass is 35.5. The summed E-state index contributed by atoms with van der Waals surface area (Å²) < 4.78 is 41.1. The van der Waals surface area contributed by atoms with E-state index in [9.17, 15) is 34.3 Å². The van der Waals surface area contributed by atoms with Crippen molar-refractivity contribution in [2.24, 2.45) is 16.2 Å². The Bertz CT molecular complexity index is 2530. The number of nitrogens with zero attached hydrogens (tertiary/aromatic N) is 3. The van der Waals surface area contributed by atoms with E-state index < -0.39 is 47.5 Å². The van der Waals surface area contributed by atoms with Gasteiger partial charge < -0.3 is 59.1 Å². The van der Waals surface area contributed by atoms with E-state index in [4.69, 9.17) is 44.8 Å². The standard InChI is InChI=1S/C57H77ClN6O13/c1-36(63(9)54(69)70)48(65)61-47(55(2,3)4)51(68)64-22-12-15-44(64)50(67)60-46-42-14-11-10-13-38(42)33-45(46)76-32-30-74-28-26-72-24-23-71-25-27-73-29-31-75-40-19-16-37(17-20-40)49(66)62-52-56(5,6)53(57(52,7)8)77-41-21-18-39(35-59)43(58)34-41/h10-11,13-14,16-21,34,36,44-47,52-53H,12,15,22-33H2,1-9H3,(H,60,67)(H,61,65)(H,62,66)(H,69,70)/t36-,44?,45+,46-,47+,52-,53-/m0/s1. The molecule has 0 spiro atoms. The van der Waals surface area contributed by atoms with Gasteiger partial charge >= 0.3 is 6.09 Å². The van der Waals surface area contributed by atoms with Gasteiger partial charge in [-0.15, -0.1) is 0 Å². The second-order valence-corrected chi connectivity index (χ2v) is 22.4. The maximum absolute atomic E-state index is 14.1. The normalized spacial score (nSPS) is 20.9. The van der Waals surface area contributed by atoms with E-state index in [1.807, 2.05) is 45.0 Å². The maximum atomic E-state index is 14.1. The molecule has 1 saturated heterocycles. The Labute approximate surface area is 457 Å². The average Bonchev–Trinajstić information content (AvgIpc) is 4.10. The zero-order valence-corrected chi connectivity index (χ0v) is 46.6. The largest absolute Gasteiger partial charge is 0.491 e. The van der Waals surface area contributed by atoms with Crippen LogP contribution in [0.5, 0.6) is 11.5 Å². The highest BCUT2D eigenvalue weighted by Gasteiger charge is 2.64. The monoisotopic (exact) mass is 1090 g/mol. The molecule has 6 rings (SSSR count). The zero-order valence-electron chi connectivity index (χ0n) is 45.9. The third kappa shape index (κ3) is 15.4. The van der Waals surface area contributed by atoms with Crippen LogP contribution in [-0.2, 0) is 44.5 Å². The number of likely N-dealkylation sites (N-methyl/N-ethyl adjacent to an activating group) is 1. The molecule has 5 amide bonds. The number of amides is 5. The van der Waals surface area contributed by atoms with Crippen LogP contribution < -0.4 is 25.4 Å². The summed E-state index contributed by atoms with van der Waals surface area (Å²) in [6, 6.07) is 18.5. The van der Waals surface area contributed by atoms with E-state index in [2.05, 4.69) is 49.7 Å². The number of rotatable bonds is 27. The molecule has 1 heterocycles. The molecule has 19 nitrogen and oxygen atoms in total. The number of nitriles is 1. The van der Waals surface area contributed by atoms with Gasteiger partial charge in [-0.1, -0.05) is 84.3 Å². The summed E-state index contributed by atoms with van der Waals surface area (Å²) in [4.78, 5) is 68.4. The number of halogens is 1. The van der Waals surface area contributed by atoms with Gasteiger partial charge in [0.05, 0.1) is 82.2 Å². The van der Waals surface area contributed by atoms with Crippen molar-refractivity contribution < 1.29 is 62.2 Å². The molecule has 1 unspecified atom stereocenters. The Kier molecular flexibility index (Phi) is 21.1. The molecule has 0 bridgehead atoms. The summed E-state index contributed by atoms with van der Waals surface area (Å²) in [7, 11) is 1.29. The molecule has 3 aromatic rings. The molecule has 5 atom stereocenters. The van der Waals surface area contributed by atoms with Gasteiger partial charge in [-0.2, -0.15) is 5.26 Å². The molecule has 3 aromatic carbocycles. The van der Waals surface area contributed by atoms with E-state index in [-0.39, 0.29) is 47.5 Å². The van der Waals surface area contributed by atoms with Crippen LogP contribution in [0.4, 0.5) is 4.79 Å². The first kappa shape index (κ1) is 60.2. The van der Waals surface area contributed by atoms with Crippen molar-refractivity contribution in [3.63, 3.8) is 0 Å². The van der Waals surface area contributed by atoms with Crippen molar-refractivity contribution in [2.45, 2.75) is 117 Å². The lowest BCUT2D eigenvalue weighted by Gasteiger charge is -2.63. The third-order valence-electron chi connectivity index (χ3n) is 14.7. The molecule has 4 N–H and O–H groups in total. The van der Waals surface area contributed by atoms with Crippen molar-refractivity contribution in [3.05, 3.63) is 94.0 Å². The predicted molar refractivity (Wildman–Crippen MR) is 287 cm³/mol. The molecule has 3 aliphatic rings. The van der Waals surface area contributed by atoms with Gasteiger partial charge in [0.1, 0.15) is 48.4 Å². The first-order valence-corrected chi connectivity index (χ1v) is 26.7.